The first-order valence-electron chi connectivity index (χ1n) is 5.04. The third kappa shape index (κ3) is 2.28. The molecular weight excluding hydrogens is 240 g/mol. The molecule has 2 aromatic rings. The number of benzene rings is 1. The number of ketones is 1. The van der Waals surface area contributed by atoms with Crippen molar-refractivity contribution >= 4 is 5.78 Å². The van der Waals surface area contributed by atoms with Crippen molar-refractivity contribution in [3.05, 3.63) is 59.6 Å². The molecule has 5 heteroatoms. The van der Waals surface area contributed by atoms with Gasteiger partial charge in [0, 0.05) is 6.07 Å². The summed E-state index contributed by atoms with van der Waals surface area (Å²) < 4.78 is 30.8. The monoisotopic (exact) mass is 247 g/mol. The Morgan fingerprint density at radius 2 is 1.94 bits per heavy atom. The van der Waals surface area contributed by atoms with E-state index in [9.17, 15) is 13.6 Å². The van der Waals surface area contributed by atoms with Crippen LogP contribution in [0.1, 0.15) is 21.8 Å². The van der Waals surface area contributed by atoms with Crippen LogP contribution in [0.5, 0.6) is 0 Å². The molecule has 0 bridgehead atoms. The van der Waals surface area contributed by atoms with Crippen molar-refractivity contribution in [2.24, 2.45) is 0 Å². The first-order valence-corrected chi connectivity index (χ1v) is 5.04. The van der Waals surface area contributed by atoms with Gasteiger partial charge in [0.1, 0.15) is 23.8 Å². The summed E-state index contributed by atoms with van der Waals surface area (Å²) in [6.07, 6.45) is 2.47. The largest absolute Gasteiger partial charge is 0.472 e. The number of nitriles is 1. The third-order valence-electron chi connectivity index (χ3n) is 2.42. The number of Topliss-reactive ketones (excluding diaryl/α,β-unsaturated/α-hetero) is 1. The average molecular weight is 247 g/mol. The molecule has 0 aliphatic rings. The van der Waals surface area contributed by atoms with Gasteiger partial charge in [-0.05, 0) is 23.8 Å². The van der Waals surface area contributed by atoms with Crippen molar-refractivity contribution in [1.29, 1.82) is 5.26 Å². The van der Waals surface area contributed by atoms with E-state index in [4.69, 9.17) is 9.68 Å². The summed E-state index contributed by atoms with van der Waals surface area (Å²) in [6.45, 7) is 0. The molecule has 1 atom stereocenters. The van der Waals surface area contributed by atoms with Crippen LogP contribution in [-0.4, -0.2) is 5.78 Å². The molecule has 1 aromatic carbocycles. The predicted molar refractivity (Wildman–Crippen MR) is 57.8 cm³/mol. The zero-order valence-electron chi connectivity index (χ0n) is 9.06. The molecule has 0 saturated heterocycles. The highest BCUT2D eigenvalue weighted by Gasteiger charge is 2.23. The Bertz CT molecular complexity index is 594. The van der Waals surface area contributed by atoms with E-state index in [0.717, 1.165) is 12.1 Å². The van der Waals surface area contributed by atoms with E-state index in [1.54, 1.807) is 6.07 Å². The summed E-state index contributed by atoms with van der Waals surface area (Å²) in [5.41, 5.74) is 0.174. The SMILES string of the molecule is N#CC(C(=O)c1ccoc1)c1cc(F)cc(F)c1. The van der Waals surface area contributed by atoms with Gasteiger partial charge in [0.2, 0.25) is 0 Å². The minimum absolute atomic E-state index is 0.0128. The quantitative estimate of drug-likeness (QED) is 0.783. The fourth-order valence-electron chi connectivity index (χ4n) is 1.60. The zero-order chi connectivity index (χ0) is 13.1. The first-order chi connectivity index (χ1) is 8.61. The van der Waals surface area contributed by atoms with Gasteiger partial charge in [0.15, 0.2) is 5.78 Å². The fraction of sp³-hybridized carbons (Fsp3) is 0.0769. The second-order valence-corrected chi connectivity index (χ2v) is 3.64. The van der Waals surface area contributed by atoms with E-state index >= 15 is 0 Å². The first kappa shape index (κ1) is 12.0. The lowest BCUT2D eigenvalue weighted by molar-refractivity contribution is 0.0978. The van der Waals surface area contributed by atoms with Crippen LogP contribution in [0.4, 0.5) is 8.78 Å². The standard InChI is InChI=1S/C13H7F2NO2/c14-10-3-9(4-11(15)5-10)12(6-16)13(17)8-1-2-18-7-8/h1-5,7,12H. The molecule has 1 aromatic heterocycles. The Morgan fingerprint density at radius 1 is 1.28 bits per heavy atom. The summed E-state index contributed by atoms with van der Waals surface area (Å²) in [7, 11) is 0. The summed E-state index contributed by atoms with van der Waals surface area (Å²) in [4.78, 5) is 11.9. The number of hydrogen-bond acceptors (Lipinski definition) is 3. The second-order valence-electron chi connectivity index (χ2n) is 3.64. The number of carbonyl (C=O) groups is 1. The number of nitrogens with zero attached hydrogens (tertiary/aromatic N) is 1. The number of furan rings is 1. The smallest absolute Gasteiger partial charge is 0.187 e. The van der Waals surface area contributed by atoms with Crippen molar-refractivity contribution < 1.29 is 18.0 Å². The van der Waals surface area contributed by atoms with E-state index < -0.39 is 23.3 Å². The topological polar surface area (TPSA) is 54.0 Å². The summed E-state index contributed by atoms with van der Waals surface area (Å²) in [5.74, 6) is -3.47. The van der Waals surface area contributed by atoms with E-state index in [2.05, 4.69) is 0 Å². The van der Waals surface area contributed by atoms with Crippen molar-refractivity contribution in [1.82, 2.24) is 0 Å². The Kier molecular flexibility index (Phi) is 3.20. The summed E-state index contributed by atoms with van der Waals surface area (Å²) in [5, 5.41) is 8.98. The van der Waals surface area contributed by atoms with Crippen LogP contribution in [0, 0.1) is 23.0 Å². The highest BCUT2D eigenvalue weighted by atomic mass is 19.1. The van der Waals surface area contributed by atoms with Crippen LogP contribution in [0.25, 0.3) is 0 Å². The van der Waals surface area contributed by atoms with Crippen LogP contribution in [0.2, 0.25) is 0 Å². The van der Waals surface area contributed by atoms with Crippen LogP contribution in [0.15, 0.2) is 41.2 Å². The maximum atomic E-state index is 13.1. The Labute approximate surface area is 101 Å². The van der Waals surface area contributed by atoms with E-state index in [-0.39, 0.29) is 11.1 Å². The van der Waals surface area contributed by atoms with Gasteiger partial charge in [0.25, 0.3) is 0 Å². The number of hydrogen-bond donors (Lipinski definition) is 0. The van der Waals surface area contributed by atoms with Crippen LogP contribution in [-0.2, 0) is 0 Å². The van der Waals surface area contributed by atoms with E-state index in [0.29, 0.717) is 6.07 Å². The Hall–Kier alpha value is -2.48. The lowest BCUT2D eigenvalue weighted by Crippen LogP contribution is -2.11. The molecule has 90 valence electrons. The molecule has 0 saturated carbocycles. The maximum absolute atomic E-state index is 13.1. The highest BCUT2D eigenvalue weighted by Crippen LogP contribution is 2.22. The van der Waals surface area contributed by atoms with Gasteiger partial charge in [-0.25, -0.2) is 8.78 Å². The van der Waals surface area contributed by atoms with Crippen molar-refractivity contribution in [2.45, 2.75) is 5.92 Å². The molecule has 1 heterocycles. The molecule has 1 unspecified atom stereocenters. The summed E-state index contributed by atoms with van der Waals surface area (Å²) in [6, 6.07) is 5.74. The number of halogens is 2. The maximum Gasteiger partial charge on any atom is 0.187 e. The fourth-order valence-corrected chi connectivity index (χ4v) is 1.60. The van der Waals surface area contributed by atoms with Gasteiger partial charge < -0.3 is 4.42 Å². The second kappa shape index (κ2) is 4.80. The van der Waals surface area contributed by atoms with Crippen LogP contribution >= 0.6 is 0 Å². The predicted octanol–water partition coefficient (Wildman–Crippen LogP) is 3.05. The Balaban J connectivity index is 2.40. The number of rotatable bonds is 3. The normalized spacial score (nSPS) is 11.8. The molecule has 18 heavy (non-hydrogen) atoms. The lowest BCUT2D eigenvalue weighted by atomic mass is 9.93. The molecule has 0 N–H and O–H groups in total. The molecule has 0 spiro atoms. The van der Waals surface area contributed by atoms with Gasteiger partial charge >= 0.3 is 0 Å². The molecule has 0 fully saturated rings. The van der Waals surface area contributed by atoms with Crippen molar-refractivity contribution in [3.8, 4) is 6.07 Å². The molecule has 0 aliphatic heterocycles. The van der Waals surface area contributed by atoms with Gasteiger partial charge in [-0.3, -0.25) is 4.79 Å². The van der Waals surface area contributed by atoms with Crippen LogP contribution in [0.3, 0.4) is 0 Å². The van der Waals surface area contributed by atoms with Crippen molar-refractivity contribution in [3.63, 3.8) is 0 Å². The molecule has 3 nitrogen and oxygen atoms in total. The molecule has 2 rings (SSSR count). The Morgan fingerprint density at radius 3 is 2.44 bits per heavy atom. The average Bonchev–Trinajstić information content (AvgIpc) is 2.81. The van der Waals surface area contributed by atoms with Gasteiger partial charge in [-0.2, -0.15) is 5.26 Å². The minimum Gasteiger partial charge on any atom is -0.472 e. The van der Waals surface area contributed by atoms with E-state index in [1.165, 1.54) is 18.6 Å². The molecular formula is C13H7F2NO2. The zero-order valence-corrected chi connectivity index (χ0v) is 9.06. The molecule has 0 aliphatic carbocycles. The summed E-state index contributed by atoms with van der Waals surface area (Å²) >= 11 is 0. The van der Waals surface area contributed by atoms with E-state index in [1.807, 2.05) is 0 Å². The minimum atomic E-state index is -1.26. The molecule has 0 amide bonds. The lowest BCUT2D eigenvalue weighted by Gasteiger charge is -2.07. The molecule has 0 radical (unpaired) electrons. The van der Waals surface area contributed by atoms with Crippen LogP contribution < -0.4 is 0 Å². The van der Waals surface area contributed by atoms with Gasteiger partial charge in [-0.1, -0.05) is 0 Å². The van der Waals surface area contributed by atoms with Gasteiger partial charge in [-0.15, -0.1) is 0 Å². The highest BCUT2D eigenvalue weighted by molar-refractivity contribution is 6.02. The van der Waals surface area contributed by atoms with Crippen molar-refractivity contribution in [2.75, 3.05) is 0 Å². The van der Waals surface area contributed by atoms with Gasteiger partial charge in [0.05, 0.1) is 17.9 Å². The number of carbonyl (C=O) groups excluding carboxylic acids is 1. The third-order valence-corrected chi connectivity index (χ3v) is 2.42.